The van der Waals surface area contributed by atoms with E-state index in [1.54, 1.807) is 19.1 Å². The molecule has 114 valence electrons. The van der Waals surface area contributed by atoms with Crippen LogP contribution in [0.15, 0.2) is 30.3 Å². The fourth-order valence-electron chi connectivity index (χ4n) is 2.79. The average molecular weight is 289 g/mol. The van der Waals surface area contributed by atoms with Gasteiger partial charge in [0.2, 0.25) is 0 Å². The highest BCUT2D eigenvalue weighted by molar-refractivity contribution is 6.01. The number of carbonyl (C=O) groups is 2. The Morgan fingerprint density at radius 1 is 1.24 bits per heavy atom. The molecule has 1 fully saturated rings. The van der Waals surface area contributed by atoms with Crippen LogP contribution in [0.2, 0.25) is 0 Å². The van der Waals surface area contributed by atoms with Crippen LogP contribution < -0.4 is 5.32 Å². The first-order chi connectivity index (χ1) is 10.2. The fourth-order valence-corrected chi connectivity index (χ4v) is 2.79. The summed E-state index contributed by atoms with van der Waals surface area (Å²) in [6, 6.07) is 8.97. The van der Waals surface area contributed by atoms with Crippen molar-refractivity contribution < 1.29 is 14.3 Å². The molecule has 0 amide bonds. The molecule has 0 bridgehead atoms. The maximum absolute atomic E-state index is 12.6. The molecule has 1 atom stereocenters. The van der Waals surface area contributed by atoms with Gasteiger partial charge in [-0.2, -0.15) is 0 Å². The third-order valence-corrected chi connectivity index (χ3v) is 3.84. The number of nitrogens with one attached hydrogen (secondary N) is 1. The van der Waals surface area contributed by atoms with Crippen LogP contribution in [0.1, 0.15) is 49.4 Å². The van der Waals surface area contributed by atoms with Crippen molar-refractivity contribution in [3.05, 3.63) is 35.9 Å². The van der Waals surface area contributed by atoms with Crippen molar-refractivity contribution in [1.29, 1.82) is 0 Å². The van der Waals surface area contributed by atoms with Gasteiger partial charge in [0.15, 0.2) is 5.78 Å². The molecule has 1 aromatic carbocycles. The van der Waals surface area contributed by atoms with Gasteiger partial charge in [-0.1, -0.05) is 43.2 Å². The lowest BCUT2D eigenvalue weighted by atomic mass is 10.0. The number of hydrogen-bond donors (Lipinski definition) is 1. The van der Waals surface area contributed by atoms with E-state index in [1.807, 2.05) is 18.2 Å². The molecule has 1 saturated carbocycles. The Kier molecular flexibility index (Phi) is 5.93. The molecule has 0 spiro atoms. The molecule has 0 radical (unpaired) electrons. The zero-order chi connectivity index (χ0) is 15.1. The maximum atomic E-state index is 12.6. The normalized spacial score (nSPS) is 16.6. The van der Waals surface area contributed by atoms with Gasteiger partial charge in [-0.25, -0.2) is 0 Å². The highest BCUT2D eigenvalue weighted by atomic mass is 16.5. The number of carbonyl (C=O) groups excluding carboxylic acids is 2. The standard InChI is InChI=1S/C17H23NO3/c1-2-21-16(19)12-15(18-14-10-6-7-11-14)17(20)13-8-4-3-5-9-13/h3-5,8-9,14-15,18H,2,6-7,10-12H2,1H3. The van der Waals surface area contributed by atoms with E-state index in [-0.39, 0.29) is 18.2 Å². The van der Waals surface area contributed by atoms with Crippen molar-refractivity contribution in [3.8, 4) is 0 Å². The molecule has 0 heterocycles. The monoisotopic (exact) mass is 289 g/mol. The zero-order valence-electron chi connectivity index (χ0n) is 12.5. The van der Waals surface area contributed by atoms with Crippen LogP contribution in [0.3, 0.4) is 0 Å². The van der Waals surface area contributed by atoms with Gasteiger partial charge in [-0.3, -0.25) is 9.59 Å². The molecule has 1 N–H and O–H groups in total. The van der Waals surface area contributed by atoms with Crippen molar-refractivity contribution in [2.24, 2.45) is 0 Å². The number of ether oxygens (including phenoxy) is 1. The van der Waals surface area contributed by atoms with Crippen LogP contribution >= 0.6 is 0 Å². The molecular weight excluding hydrogens is 266 g/mol. The Balaban J connectivity index is 2.06. The molecule has 1 unspecified atom stereocenters. The van der Waals surface area contributed by atoms with Gasteiger partial charge in [0.25, 0.3) is 0 Å². The van der Waals surface area contributed by atoms with Crippen LogP contribution in [0.4, 0.5) is 0 Å². The van der Waals surface area contributed by atoms with Crippen LogP contribution in [-0.4, -0.2) is 30.4 Å². The first kappa shape index (κ1) is 15.7. The minimum Gasteiger partial charge on any atom is -0.466 e. The average Bonchev–Trinajstić information content (AvgIpc) is 3.00. The van der Waals surface area contributed by atoms with Crippen molar-refractivity contribution >= 4 is 11.8 Å². The molecule has 4 nitrogen and oxygen atoms in total. The predicted octanol–water partition coefficient (Wildman–Crippen LogP) is 2.72. The molecule has 2 rings (SSSR count). The minimum absolute atomic E-state index is 0.0319. The van der Waals surface area contributed by atoms with Gasteiger partial charge >= 0.3 is 5.97 Å². The van der Waals surface area contributed by atoms with Gasteiger partial charge in [0.1, 0.15) is 0 Å². The van der Waals surface area contributed by atoms with Crippen molar-refractivity contribution in [1.82, 2.24) is 5.32 Å². The van der Waals surface area contributed by atoms with E-state index in [0.29, 0.717) is 18.2 Å². The largest absolute Gasteiger partial charge is 0.466 e. The van der Waals surface area contributed by atoms with Gasteiger partial charge in [0.05, 0.1) is 19.1 Å². The number of esters is 1. The number of hydrogen-bond acceptors (Lipinski definition) is 4. The number of rotatable bonds is 7. The summed E-state index contributed by atoms with van der Waals surface area (Å²) in [7, 11) is 0. The lowest BCUT2D eigenvalue weighted by Gasteiger charge is -2.21. The van der Waals surface area contributed by atoms with E-state index < -0.39 is 6.04 Å². The zero-order valence-corrected chi connectivity index (χ0v) is 12.5. The summed E-state index contributed by atoms with van der Waals surface area (Å²) in [6.45, 7) is 2.12. The summed E-state index contributed by atoms with van der Waals surface area (Å²) in [6.07, 6.45) is 4.60. The van der Waals surface area contributed by atoms with Crippen molar-refractivity contribution in [2.75, 3.05) is 6.61 Å². The van der Waals surface area contributed by atoms with E-state index in [0.717, 1.165) is 12.8 Å². The summed E-state index contributed by atoms with van der Waals surface area (Å²) < 4.78 is 4.99. The lowest BCUT2D eigenvalue weighted by Crippen LogP contribution is -2.43. The summed E-state index contributed by atoms with van der Waals surface area (Å²) in [4.78, 5) is 24.4. The predicted molar refractivity (Wildman–Crippen MR) is 81.2 cm³/mol. The molecule has 21 heavy (non-hydrogen) atoms. The smallest absolute Gasteiger partial charge is 0.307 e. The molecule has 0 aliphatic heterocycles. The third kappa shape index (κ3) is 4.67. The molecule has 0 aromatic heterocycles. The first-order valence-electron chi connectivity index (χ1n) is 7.71. The minimum atomic E-state index is -0.491. The summed E-state index contributed by atoms with van der Waals surface area (Å²) in [5.74, 6) is -0.354. The van der Waals surface area contributed by atoms with Gasteiger partial charge in [0, 0.05) is 11.6 Å². The van der Waals surface area contributed by atoms with Gasteiger partial charge in [-0.15, -0.1) is 0 Å². The van der Waals surface area contributed by atoms with Crippen LogP contribution in [0.25, 0.3) is 0 Å². The summed E-state index contributed by atoms with van der Waals surface area (Å²) in [5.41, 5.74) is 0.636. The van der Waals surface area contributed by atoms with Crippen molar-refractivity contribution in [3.63, 3.8) is 0 Å². The Labute approximate surface area is 125 Å². The second-order valence-corrected chi connectivity index (χ2v) is 5.44. The first-order valence-corrected chi connectivity index (χ1v) is 7.71. The topological polar surface area (TPSA) is 55.4 Å². The molecule has 0 saturated heterocycles. The Bertz CT molecular complexity index is 466. The van der Waals surface area contributed by atoms with Gasteiger partial charge < -0.3 is 10.1 Å². The molecule has 4 heteroatoms. The quantitative estimate of drug-likeness (QED) is 0.619. The van der Waals surface area contributed by atoms with Crippen LogP contribution in [-0.2, 0) is 9.53 Å². The number of ketones is 1. The highest BCUT2D eigenvalue weighted by Crippen LogP contribution is 2.19. The fraction of sp³-hybridized carbons (Fsp3) is 0.529. The van der Waals surface area contributed by atoms with E-state index in [9.17, 15) is 9.59 Å². The summed E-state index contributed by atoms with van der Waals surface area (Å²) in [5, 5.41) is 3.35. The molecule has 1 aromatic rings. The van der Waals surface area contributed by atoms with E-state index in [1.165, 1.54) is 12.8 Å². The molecule has 1 aliphatic rings. The third-order valence-electron chi connectivity index (χ3n) is 3.84. The summed E-state index contributed by atoms with van der Waals surface area (Å²) >= 11 is 0. The lowest BCUT2D eigenvalue weighted by molar-refractivity contribution is -0.143. The van der Waals surface area contributed by atoms with Gasteiger partial charge in [-0.05, 0) is 19.8 Å². The van der Waals surface area contributed by atoms with Crippen molar-refractivity contribution in [2.45, 2.75) is 51.1 Å². The van der Waals surface area contributed by atoms with E-state index in [2.05, 4.69) is 5.32 Å². The number of Topliss-reactive ketones (excluding diaryl/α,β-unsaturated/α-hetero) is 1. The molecular formula is C17H23NO3. The van der Waals surface area contributed by atoms with Crippen LogP contribution in [0.5, 0.6) is 0 Å². The Hall–Kier alpha value is -1.68. The maximum Gasteiger partial charge on any atom is 0.307 e. The Morgan fingerprint density at radius 3 is 2.52 bits per heavy atom. The van der Waals surface area contributed by atoms with E-state index in [4.69, 9.17) is 4.74 Å². The number of benzene rings is 1. The second-order valence-electron chi connectivity index (χ2n) is 5.44. The second kappa shape index (κ2) is 7.93. The van der Waals surface area contributed by atoms with E-state index >= 15 is 0 Å². The van der Waals surface area contributed by atoms with Crippen LogP contribution in [0, 0.1) is 0 Å². The molecule has 1 aliphatic carbocycles. The Morgan fingerprint density at radius 2 is 1.90 bits per heavy atom. The SMILES string of the molecule is CCOC(=O)CC(NC1CCCC1)C(=O)c1ccccc1. The highest BCUT2D eigenvalue weighted by Gasteiger charge is 2.27.